The van der Waals surface area contributed by atoms with Crippen LogP contribution in [-0.4, -0.2) is 69.4 Å². The Morgan fingerprint density at radius 3 is 1.79 bits per heavy atom. The average molecular weight is 329 g/mol. The van der Waals surface area contributed by atoms with E-state index < -0.39 is 7.12 Å². The number of phenols is 1. The Balaban J connectivity index is 2.31. The summed E-state index contributed by atoms with van der Waals surface area (Å²) in [6.45, 7) is 0. The molecule has 11 heteroatoms. The van der Waals surface area contributed by atoms with Gasteiger partial charge < -0.3 is 15.2 Å². The minimum absolute atomic E-state index is 0.0246. The number of aromatic hydroxyl groups is 1. The van der Waals surface area contributed by atoms with Crippen molar-refractivity contribution in [2.75, 3.05) is 0 Å². The number of fused-ring (bicyclic) bond motifs is 2. The van der Waals surface area contributed by atoms with Crippen molar-refractivity contribution in [2.24, 2.45) is 0 Å². The first-order valence-electron chi connectivity index (χ1n) is 8.14. The van der Waals surface area contributed by atoms with Gasteiger partial charge in [0.25, 0.3) is 0 Å². The summed E-state index contributed by atoms with van der Waals surface area (Å²) < 4.78 is 0. The van der Waals surface area contributed by atoms with Gasteiger partial charge in [-0.25, -0.2) is 0 Å². The van der Waals surface area contributed by atoms with Crippen LogP contribution in [0.3, 0.4) is 0 Å². The molecule has 0 saturated carbocycles. The molecule has 0 saturated heterocycles. The normalized spacial score (nSPS) is 12.6. The second kappa shape index (κ2) is 6.04. The topological polar surface area (TPSA) is 60.7 Å². The second-order valence-electron chi connectivity index (χ2n) is 6.78. The van der Waals surface area contributed by atoms with Crippen LogP contribution >= 0.6 is 11.8 Å². The van der Waals surface area contributed by atoms with E-state index in [1.807, 2.05) is 15.7 Å². The maximum atomic E-state index is 10.7. The summed E-state index contributed by atoms with van der Waals surface area (Å²) in [6, 6.07) is 0. The molecule has 24 heavy (non-hydrogen) atoms. The second-order valence-corrected chi connectivity index (χ2v) is 7.80. The molecule has 0 spiro atoms. The lowest BCUT2D eigenvalue weighted by Crippen LogP contribution is -2.52. The average Bonchev–Trinajstić information content (AvgIpc) is 2.54. The molecule has 0 amide bonds. The molecule has 1 heterocycles. The molecule has 0 aromatic heterocycles. The van der Waals surface area contributed by atoms with E-state index in [0.717, 1.165) is 21.4 Å². The van der Waals surface area contributed by atoms with Crippen LogP contribution in [0.25, 0.3) is 0 Å². The minimum Gasteiger partial charge on any atom is -0.508 e. The number of benzene rings is 2. The third kappa shape index (κ3) is 2.40. The highest BCUT2D eigenvalue weighted by molar-refractivity contribution is 8.00. The van der Waals surface area contributed by atoms with Crippen molar-refractivity contribution in [3.05, 3.63) is 11.1 Å². The maximum Gasteiger partial charge on any atom is 0.491 e. The fourth-order valence-corrected chi connectivity index (χ4v) is 5.11. The van der Waals surface area contributed by atoms with Crippen LogP contribution in [0.4, 0.5) is 0 Å². The van der Waals surface area contributed by atoms with Gasteiger partial charge in [-0.2, -0.15) is 0 Å². The van der Waals surface area contributed by atoms with Crippen LogP contribution in [-0.2, 0) is 6.42 Å². The van der Waals surface area contributed by atoms with Crippen molar-refractivity contribution in [2.45, 2.75) is 16.2 Å². The predicted molar refractivity (Wildman–Crippen MR) is 120 cm³/mol. The first-order chi connectivity index (χ1) is 11.2. The molecule has 3 rings (SSSR count). The van der Waals surface area contributed by atoms with Crippen LogP contribution in [0.1, 0.15) is 11.1 Å². The molecule has 1 aliphatic rings. The lowest BCUT2D eigenvalue weighted by molar-refractivity contribution is 0.419. The van der Waals surface area contributed by atoms with E-state index in [2.05, 4.69) is 31.4 Å². The first-order valence-corrected chi connectivity index (χ1v) is 8.96. The Morgan fingerprint density at radius 2 is 1.21 bits per heavy atom. The van der Waals surface area contributed by atoms with Crippen molar-refractivity contribution < 1.29 is 15.2 Å². The van der Waals surface area contributed by atoms with Crippen molar-refractivity contribution in [3.63, 3.8) is 0 Å². The molecule has 1 aliphatic heterocycles. The van der Waals surface area contributed by atoms with Gasteiger partial charge >= 0.3 is 7.12 Å². The third-order valence-corrected chi connectivity index (χ3v) is 7.21. The summed E-state index contributed by atoms with van der Waals surface area (Å²) in [6.07, 6.45) is 0.623. The molecule has 0 unspecified atom stereocenters. The lowest BCUT2D eigenvalue weighted by Gasteiger charge is -2.30. The zero-order chi connectivity index (χ0) is 17.9. The van der Waals surface area contributed by atoms with Gasteiger partial charge in [-0.15, -0.1) is 10.9 Å². The highest BCUT2D eigenvalue weighted by Crippen LogP contribution is 2.38. The molecule has 0 atom stereocenters. The largest absolute Gasteiger partial charge is 0.508 e. The molecule has 0 fully saturated rings. The van der Waals surface area contributed by atoms with Crippen molar-refractivity contribution in [1.29, 1.82) is 0 Å². The summed E-state index contributed by atoms with van der Waals surface area (Å²) >= 11 is 1.70. The molecular weight excluding hydrogens is 312 g/mol. The van der Waals surface area contributed by atoms with Crippen molar-refractivity contribution in [1.82, 2.24) is 0 Å². The molecule has 2 aromatic rings. The number of hydrogen-bond donors (Lipinski definition) is 3. The molecule has 3 nitrogen and oxygen atoms in total. The van der Waals surface area contributed by atoms with Crippen molar-refractivity contribution >= 4 is 104 Å². The van der Waals surface area contributed by atoms with E-state index >= 15 is 0 Å². The summed E-state index contributed by atoms with van der Waals surface area (Å²) in [5.41, 5.74) is 9.21. The standard InChI is InChI=1S/C13H17B7O3S/c14-4-2-1-3-11(21)10(20(22)23)7(17)9(19)13(3)24-12(2)8(18)6(16)5(4)15/h21-23H,1,14-19H2. The fraction of sp³-hybridized carbons (Fsp3) is 0.0769. The zero-order valence-electron chi connectivity index (χ0n) is 15.0. The highest BCUT2D eigenvalue weighted by atomic mass is 32.2. The Hall–Kier alpha value is -1.04. The number of hydrogen-bond acceptors (Lipinski definition) is 4. The smallest absolute Gasteiger partial charge is 0.491 e. The van der Waals surface area contributed by atoms with Gasteiger partial charge in [-0.3, -0.25) is 0 Å². The van der Waals surface area contributed by atoms with Crippen LogP contribution in [0, 0.1) is 0 Å². The van der Waals surface area contributed by atoms with E-state index in [0.29, 0.717) is 6.42 Å². The van der Waals surface area contributed by atoms with Gasteiger partial charge in [-0.1, -0.05) is 33.6 Å². The molecule has 114 valence electrons. The van der Waals surface area contributed by atoms with Gasteiger partial charge in [0.15, 0.2) is 0 Å². The van der Waals surface area contributed by atoms with E-state index in [-0.39, 0.29) is 11.2 Å². The number of phenolic OH excluding ortho intramolecular Hbond substituents is 1. The van der Waals surface area contributed by atoms with E-state index in [1.165, 1.54) is 32.3 Å². The Labute approximate surface area is 152 Å². The molecular formula is C13H17B7O3S. The van der Waals surface area contributed by atoms with E-state index in [4.69, 9.17) is 0 Å². The van der Waals surface area contributed by atoms with Gasteiger partial charge in [-0.05, 0) is 5.56 Å². The Morgan fingerprint density at radius 1 is 0.708 bits per heavy atom. The molecule has 0 bridgehead atoms. The van der Waals surface area contributed by atoms with Gasteiger partial charge in [0.05, 0.1) is 0 Å². The summed E-state index contributed by atoms with van der Waals surface area (Å²) in [7, 11) is 10.7. The van der Waals surface area contributed by atoms with E-state index in [9.17, 15) is 15.2 Å². The fourth-order valence-electron chi connectivity index (χ4n) is 3.65. The molecule has 3 N–H and O–H groups in total. The van der Waals surface area contributed by atoms with Crippen LogP contribution in [0.5, 0.6) is 5.75 Å². The van der Waals surface area contributed by atoms with Gasteiger partial charge in [0, 0.05) is 27.2 Å². The highest BCUT2D eigenvalue weighted by Gasteiger charge is 2.30. The van der Waals surface area contributed by atoms with E-state index in [1.54, 1.807) is 11.8 Å². The SMILES string of the molecule is Bc1c(B)c(B)c2c(c1B)Cc1c(O)c(B(O)O)c(B)c(B)c1S2. The number of rotatable bonds is 1. The monoisotopic (exact) mass is 330 g/mol. The van der Waals surface area contributed by atoms with Crippen LogP contribution in [0.2, 0.25) is 0 Å². The molecule has 0 aliphatic carbocycles. The van der Waals surface area contributed by atoms with Crippen LogP contribution < -0.4 is 38.2 Å². The third-order valence-electron chi connectivity index (χ3n) is 5.69. The minimum atomic E-state index is -1.66. The first kappa shape index (κ1) is 17.8. The van der Waals surface area contributed by atoms with Crippen LogP contribution in [0.15, 0.2) is 9.79 Å². The zero-order valence-corrected chi connectivity index (χ0v) is 15.9. The quantitative estimate of drug-likeness (QED) is 0.388. The summed E-state index contributed by atoms with van der Waals surface area (Å²) in [5.74, 6) is 0.0246. The summed E-state index contributed by atoms with van der Waals surface area (Å²) in [4.78, 5) is 2.33. The predicted octanol–water partition coefficient (Wildman–Crippen LogP) is -9.32. The molecule has 0 radical (unpaired) electrons. The van der Waals surface area contributed by atoms with Gasteiger partial charge in [0.1, 0.15) is 52.8 Å². The Bertz CT molecular complexity index is 885. The van der Waals surface area contributed by atoms with Crippen molar-refractivity contribution in [3.8, 4) is 5.75 Å². The van der Waals surface area contributed by atoms with Gasteiger partial charge in [0.2, 0.25) is 0 Å². The maximum absolute atomic E-state index is 10.7. The molecule has 2 aromatic carbocycles. The lowest BCUT2D eigenvalue weighted by atomic mass is 9.63. The Kier molecular flexibility index (Phi) is 4.48. The summed E-state index contributed by atoms with van der Waals surface area (Å²) in [5, 5.41) is 30.0.